The summed E-state index contributed by atoms with van der Waals surface area (Å²) in [5, 5.41) is 11.0. The molecule has 1 aromatic carbocycles. The molecule has 0 unspecified atom stereocenters. The number of aromatic nitrogens is 2. The lowest BCUT2D eigenvalue weighted by atomic mass is 10.2. The molecule has 2 aromatic rings. The van der Waals surface area contributed by atoms with Crippen molar-refractivity contribution < 1.29 is 9.66 Å². The Hall–Kier alpha value is -2.28. The Balaban J connectivity index is 2.36. The Morgan fingerprint density at radius 2 is 2.20 bits per heavy atom. The molecule has 1 heterocycles. The minimum Gasteiger partial charge on any atom is -0.377 e. The molecule has 7 nitrogen and oxygen atoms in total. The van der Waals surface area contributed by atoms with Gasteiger partial charge in [-0.3, -0.25) is 19.5 Å². The summed E-state index contributed by atoms with van der Waals surface area (Å²) >= 11 is 0. The molecule has 0 saturated heterocycles. The van der Waals surface area contributed by atoms with Gasteiger partial charge in [-0.1, -0.05) is 0 Å². The van der Waals surface area contributed by atoms with Crippen molar-refractivity contribution in [3.05, 3.63) is 45.0 Å². The lowest BCUT2D eigenvalue weighted by Crippen LogP contribution is -2.23. The third-order valence-corrected chi connectivity index (χ3v) is 2.80. The number of ether oxygens (including phenoxy) is 1. The predicted molar refractivity (Wildman–Crippen MR) is 73.7 cm³/mol. The van der Waals surface area contributed by atoms with Crippen LogP contribution in [0.25, 0.3) is 10.9 Å². The Bertz CT molecular complexity index is 694. The van der Waals surface area contributed by atoms with Gasteiger partial charge in [-0.25, -0.2) is 4.98 Å². The van der Waals surface area contributed by atoms with Gasteiger partial charge in [0.2, 0.25) is 0 Å². The van der Waals surface area contributed by atoms with Gasteiger partial charge in [-0.2, -0.15) is 0 Å². The molecule has 0 aliphatic rings. The van der Waals surface area contributed by atoms with Crippen LogP contribution in [0.4, 0.5) is 5.69 Å². The topological polar surface area (TPSA) is 87.3 Å². The van der Waals surface area contributed by atoms with E-state index in [1.165, 1.54) is 29.1 Å². The van der Waals surface area contributed by atoms with E-state index in [1.807, 2.05) is 13.8 Å². The van der Waals surface area contributed by atoms with Crippen LogP contribution in [0.3, 0.4) is 0 Å². The third-order valence-electron chi connectivity index (χ3n) is 2.80. The molecule has 106 valence electrons. The van der Waals surface area contributed by atoms with Crippen LogP contribution in [0.5, 0.6) is 0 Å². The Labute approximate surface area is 115 Å². The lowest BCUT2D eigenvalue weighted by Gasteiger charge is -2.09. The molecule has 0 N–H and O–H groups in total. The van der Waals surface area contributed by atoms with E-state index in [9.17, 15) is 14.9 Å². The van der Waals surface area contributed by atoms with E-state index in [1.54, 1.807) is 0 Å². The van der Waals surface area contributed by atoms with Crippen LogP contribution in [0, 0.1) is 10.1 Å². The normalized spacial score (nSPS) is 11.2. The summed E-state index contributed by atoms with van der Waals surface area (Å²) in [5.41, 5.74) is 0.0280. The van der Waals surface area contributed by atoms with E-state index >= 15 is 0 Å². The zero-order valence-electron chi connectivity index (χ0n) is 11.3. The summed E-state index contributed by atoms with van der Waals surface area (Å²) in [7, 11) is 0. The number of nitro benzene ring substituents is 1. The second-order valence-electron chi connectivity index (χ2n) is 4.62. The lowest BCUT2D eigenvalue weighted by molar-refractivity contribution is -0.384. The van der Waals surface area contributed by atoms with Crippen molar-refractivity contribution in [2.24, 2.45) is 0 Å². The largest absolute Gasteiger partial charge is 0.377 e. The van der Waals surface area contributed by atoms with Crippen molar-refractivity contribution in [2.75, 3.05) is 6.61 Å². The monoisotopic (exact) mass is 277 g/mol. The highest BCUT2D eigenvalue weighted by atomic mass is 16.6. The third kappa shape index (κ3) is 3.00. The number of nitro groups is 1. The second-order valence-corrected chi connectivity index (χ2v) is 4.62. The number of hydrogen-bond acceptors (Lipinski definition) is 5. The number of nitrogens with zero attached hydrogens (tertiary/aromatic N) is 3. The van der Waals surface area contributed by atoms with Crippen LogP contribution >= 0.6 is 0 Å². The molecule has 0 aliphatic carbocycles. The fourth-order valence-electron chi connectivity index (χ4n) is 1.81. The summed E-state index contributed by atoms with van der Waals surface area (Å²) in [4.78, 5) is 26.6. The number of hydrogen-bond donors (Lipinski definition) is 0. The molecule has 0 aliphatic heterocycles. The van der Waals surface area contributed by atoms with Gasteiger partial charge in [-0.15, -0.1) is 0 Å². The van der Waals surface area contributed by atoms with Crippen LogP contribution in [-0.4, -0.2) is 27.2 Å². The minimum absolute atomic E-state index is 0.0835. The quantitative estimate of drug-likeness (QED) is 0.613. The smallest absolute Gasteiger partial charge is 0.270 e. The van der Waals surface area contributed by atoms with Gasteiger partial charge in [0.05, 0.1) is 41.4 Å². The first kappa shape index (κ1) is 14.1. The van der Waals surface area contributed by atoms with Gasteiger partial charge < -0.3 is 4.74 Å². The van der Waals surface area contributed by atoms with Gasteiger partial charge in [-0.05, 0) is 19.9 Å². The molecule has 0 saturated carbocycles. The molecule has 0 radical (unpaired) electrons. The van der Waals surface area contributed by atoms with Crippen molar-refractivity contribution in [3.63, 3.8) is 0 Å². The first-order valence-electron chi connectivity index (χ1n) is 6.24. The van der Waals surface area contributed by atoms with Crippen molar-refractivity contribution >= 4 is 16.6 Å². The predicted octanol–water partition coefficient (Wildman–Crippen LogP) is 1.73. The summed E-state index contributed by atoms with van der Waals surface area (Å²) in [6.45, 7) is 4.57. The number of fused-ring (bicyclic) bond motifs is 1. The van der Waals surface area contributed by atoms with Crippen LogP contribution in [0.2, 0.25) is 0 Å². The van der Waals surface area contributed by atoms with E-state index in [0.717, 1.165) is 0 Å². The molecule has 0 bridgehead atoms. The highest BCUT2D eigenvalue weighted by Crippen LogP contribution is 2.16. The summed E-state index contributed by atoms with van der Waals surface area (Å²) in [6, 6.07) is 4.06. The van der Waals surface area contributed by atoms with Crippen LogP contribution < -0.4 is 5.56 Å². The molecular weight excluding hydrogens is 262 g/mol. The van der Waals surface area contributed by atoms with Crippen molar-refractivity contribution in [2.45, 2.75) is 26.5 Å². The summed E-state index contributed by atoms with van der Waals surface area (Å²) < 4.78 is 6.78. The number of rotatable bonds is 5. The summed E-state index contributed by atoms with van der Waals surface area (Å²) in [5.74, 6) is 0. The molecule has 0 fully saturated rings. The zero-order chi connectivity index (χ0) is 14.7. The maximum Gasteiger partial charge on any atom is 0.270 e. The maximum absolute atomic E-state index is 12.2. The van der Waals surface area contributed by atoms with Gasteiger partial charge in [0.1, 0.15) is 0 Å². The van der Waals surface area contributed by atoms with Crippen molar-refractivity contribution in [1.82, 2.24) is 9.55 Å². The number of non-ortho nitro benzene ring substituents is 1. The van der Waals surface area contributed by atoms with E-state index in [-0.39, 0.29) is 22.7 Å². The van der Waals surface area contributed by atoms with Crippen LogP contribution in [-0.2, 0) is 11.3 Å². The molecule has 7 heteroatoms. The van der Waals surface area contributed by atoms with E-state index in [2.05, 4.69) is 4.98 Å². The maximum atomic E-state index is 12.2. The highest BCUT2D eigenvalue weighted by molar-refractivity contribution is 5.79. The first-order valence-corrected chi connectivity index (χ1v) is 6.24. The average molecular weight is 277 g/mol. The summed E-state index contributed by atoms with van der Waals surface area (Å²) in [6.07, 6.45) is 1.51. The molecule has 0 amide bonds. The zero-order valence-corrected chi connectivity index (χ0v) is 11.3. The Morgan fingerprint density at radius 3 is 2.85 bits per heavy atom. The van der Waals surface area contributed by atoms with E-state index < -0.39 is 4.92 Å². The van der Waals surface area contributed by atoms with Gasteiger partial charge >= 0.3 is 0 Å². The Kier molecular flexibility index (Phi) is 4.09. The van der Waals surface area contributed by atoms with E-state index in [0.29, 0.717) is 18.7 Å². The molecule has 0 atom stereocenters. The van der Waals surface area contributed by atoms with Crippen molar-refractivity contribution in [1.29, 1.82) is 0 Å². The second kappa shape index (κ2) is 5.79. The Morgan fingerprint density at radius 1 is 1.45 bits per heavy atom. The van der Waals surface area contributed by atoms with Crippen LogP contribution in [0.15, 0.2) is 29.3 Å². The highest BCUT2D eigenvalue weighted by Gasteiger charge is 2.10. The molecule has 1 aromatic heterocycles. The van der Waals surface area contributed by atoms with Gasteiger partial charge in [0.25, 0.3) is 11.2 Å². The van der Waals surface area contributed by atoms with Crippen LogP contribution in [0.1, 0.15) is 13.8 Å². The number of benzene rings is 1. The molecular formula is C13H15N3O4. The van der Waals surface area contributed by atoms with E-state index in [4.69, 9.17) is 4.74 Å². The van der Waals surface area contributed by atoms with Crippen molar-refractivity contribution in [3.8, 4) is 0 Å². The molecule has 0 spiro atoms. The fraction of sp³-hybridized carbons (Fsp3) is 0.385. The average Bonchev–Trinajstić information content (AvgIpc) is 2.40. The van der Waals surface area contributed by atoms with Gasteiger partial charge in [0.15, 0.2) is 0 Å². The first-order chi connectivity index (χ1) is 9.49. The SMILES string of the molecule is CC(C)OCCn1cnc2ccc([N+](=O)[O-])cc2c1=O. The standard InChI is InChI=1S/C13H15N3O4/c1-9(2)20-6-5-15-8-14-12-4-3-10(16(18)19)7-11(12)13(15)17/h3-4,7-9H,5-6H2,1-2H3. The molecule has 2 rings (SSSR count). The minimum atomic E-state index is -0.530. The molecule has 20 heavy (non-hydrogen) atoms. The fourth-order valence-corrected chi connectivity index (χ4v) is 1.81. The van der Waals surface area contributed by atoms with Gasteiger partial charge in [0, 0.05) is 12.1 Å².